The van der Waals surface area contributed by atoms with Gasteiger partial charge in [0.15, 0.2) is 5.96 Å². The van der Waals surface area contributed by atoms with Crippen molar-refractivity contribution < 1.29 is 8.42 Å². The predicted molar refractivity (Wildman–Crippen MR) is 96.2 cm³/mol. The molecule has 130 valence electrons. The van der Waals surface area contributed by atoms with E-state index in [-0.39, 0.29) is 5.75 Å². The number of piperidine rings is 1. The minimum Gasteiger partial charge on any atom is -0.356 e. The van der Waals surface area contributed by atoms with Crippen LogP contribution in [-0.4, -0.2) is 69.2 Å². The van der Waals surface area contributed by atoms with E-state index in [2.05, 4.69) is 21.9 Å². The van der Waals surface area contributed by atoms with Gasteiger partial charge in [-0.15, -0.1) is 0 Å². The van der Waals surface area contributed by atoms with Crippen LogP contribution in [0.3, 0.4) is 0 Å². The van der Waals surface area contributed by atoms with E-state index in [0.717, 1.165) is 37.5 Å². The lowest BCUT2D eigenvalue weighted by atomic mass is 10.1. The Morgan fingerprint density at radius 3 is 2.59 bits per heavy atom. The van der Waals surface area contributed by atoms with Crippen molar-refractivity contribution in [3.05, 3.63) is 0 Å². The van der Waals surface area contributed by atoms with Gasteiger partial charge in [-0.25, -0.2) is 12.7 Å². The molecule has 0 bridgehead atoms. The molecule has 0 spiro atoms. The molecule has 6 nitrogen and oxygen atoms in total. The molecule has 8 heteroatoms. The van der Waals surface area contributed by atoms with E-state index in [4.69, 9.17) is 0 Å². The van der Waals surface area contributed by atoms with Crippen LogP contribution in [0.15, 0.2) is 4.99 Å². The van der Waals surface area contributed by atoms with Gasteiger partial charge < -0.3 is 10.6 Å². The Labute approximate surface area is 139 Å². The normalized spacial score (nSPS) is 18.4. The topological polar surface area (TPSA) is 73.8 Å². The molecule has 1 aliphatic rings. The van der Waals surface area contributed by atoms with E-state index in [1.54, 1.807) is 11.4 Å². The molecule has 1 aliphatic heterocycles. The largest absolute Gasteiger partial charge is 0.356 e. The Morgan fingerprint density at radius 2 is 2.05 bits per heavy atom. The summed E-state index contributed by atoms with van der Waals surface area (Å²) in [5, 5.41) is 6.70. The molecule has 0 aromatic heterocycles. The zero-order chi connectivity index (χ0) is 16.4. The van der Waals surface area contributed by atoms with Gasteiger partial charge in [0.1, 0.15) is 0 Å². The highest BCUT2D eigenvalue weighted by molar-refractivity contribution is 7.98. The van der Waals surface area contributed by atoms with Crippen molar-refractivity contribution in [2.24, 2.45) is 4.99 Å². The fourth-order valence-corrected chi connectivity index (χ4v) is 4.45. The molecule has 2 N–H and O–H groups in total. The molecule has 0 aromatic rings. The fraction of sp³-hybridized carbons (Fsp3) is 0.929. The number of nitrogens with one attached hydrogen (secondary N) is 2. The maximum Gasteiger partial charge on any atom is 0.214 e. The number of sulfonamides is 1. The molecule has 1 heterocycles. The van der Waals surface area contributed by atoms with Crippen LogP contribution >= 0.6 is 11.8 Å². The number of rotatable bonds is 8. The minimum absolute atomic E-state index is 0.254. The molecule has 0 aromatic carbocycles. The number of hydrogen-bond acceptors (Lipinski definition) is 4. The highest BCUT2D eigenvalue weighted by atomic mass is 32.2. The Kier molecular flexibility index (Phi) is 9.19. The maximum atomic E-state index is 12.0. The van der Waals surface area contributed by atoms with Crippen molar-refractivity contribution >= 4 is 27.7 Å². The number of guanidine groups is 1. The van der Waals surface area contributed by atoms with E-state index in [1.807, 2.05) is 18.7 Å². The van der Waals surface area contributed by atoms with Crippen molar-refractivity contribution in [3.8, 4) is 0 Å². The quantitative estimate of drug-likeness (QED) is 0.390. The van der Waals surface area contributed by atoms with Gasteiger partial charge in [-0.1, -0.05) is 6.92 Å². The summed E-state index contributed by atoms with van der Waals surface area (Å²) in [5.74, 6) is 2.21. The average molecular weight is 351 g/mol. The highest BCUT2D eigenvalue weighted by Crippen LogP contribution is 2.15. The summed E-state index contributed by atoms with van der Waals surface area (Å²) in [6.07, 6.45) is 5.54. The lowest BCUT2D eigenvalue weighted by Gasteiger charge is -2.32. The summed E-state index contributed by atoms with van der Waals surface area (Å²) in [7, 11) is -1.29. The highest BCUT2D eigenvalue weighted by Gasteiger charge is 2.27. The second-order valence-electron chi connectivity index (χ2n) is 5.48. The summed E-state index contributed by atoms with van der Waals surface area (Å²) in [5.41, 5.74) is 0. The van der Waals surface area contributed by atoms with Gasteiger partial charge in [-0.05, 0) is 37.7 Å². The zero-order valence-corrected chi connectivity index (χ0v) is 15.6. The van der Waals surface area contributed by atoms with Crippen LogP contribution in [0.5, 0.6) is 0 Å². The number of thioether (sulfide) groups is 1. The van der Waals surface area contributed by atoms with Crippen LogP contribution in [-0.2, 0) is 10.0 Å². The van der Waals surface area contributed by atoms with Crippen LogP contribution in [0.25, 0.3) is 0 Å². The summed E-state index contributed by atoms with van der Waals surface area (Å²) in [6, 6.07) is 0.292. The first kappa shape index (κ1) is 19.6. The molecular formula is C14H30N4O2S2. The van der Waals surface area contributed by atoms with E-state index in [0.29, 0.717) is 25.6 Å². The van der Waals surface area contributed by atoms with E-state index < -0.39 is 10.0 Å². The van der Waals surface area contributed by atoms with Crippen LogP contribution in [0.4, 0.5) is 0 Å². The Morgan fingerprint density at radius 1 is 1.36 bits per heavy atom. The van der Waals surface area contributed by atoms with Crippen LogP contribution in [0.2, 0.25) is 0 Å². The monoisotopic (exact) mass is 350 g/mol. The van der Waals surface area contributed by atoms with E-state index >= 15 is 0 Å². The molecular weight excluding hydrogens is 320 g/mol. The second kappa shape index (κ2) is 10.3. The molecule has 22 heavy (non-hydrogen) atoms. The zero-order valence-electron chi connectivity index (χ0n) is 14.0. The Balaban J connectivity index is 2.35. The van der Waals surface area contributed by atoms with Crippen molar-refractivity contribution in [3.63, 3.8) is 0 Å². The lowest BCUT2D eigenvalue weighted by Crippen LogP contribution is -2.50. The van der Waals surface area contributed by atoms with Crippen molar-refractivity contribution in [1.82, 2.24) is 14.9 Å². The summed E-state index contributed by atoms with van der Waals surface area (Å²) in [6.45, 7) is 4.01. The average Bonchev–Trinajstić information content (AvgIpc) is 2.50. The first-order chi connectivity index (χ1) is 10.5. The van der Waals surface area contributed by atoms with Gasteiger partial charge in [-0.2, -0.15) is 11.8 Å². The SMILES string of the molecule is CCCS(=O)(=O)N1CCC(NC(=NC)NCCCSC)CC1. The number of aliphatic imine (C=N–C) groups is 1. The molecule has 0 aliphatic carbocycles. The van der Waals surface area contributed by atoms with Crippen LogP contribution < -0.4 is 10.6 Å². The van der Waals surface area contributed by atoms with Crippen molar-refractivity contribution in [2.75, 3.05) is 44.4 Å². The summed E-state index contributed by atoms with van der Waals surface area (Å²) < 4.78 is 25.7. The minimum atomic E-state index is -3.05. The molecule has 1 fully saturated rings. The van der Waals surface area contributed by atoms with E-state index in [9.17, 15) is 8.42 Å². The van der Waals surface area contributed by atoms with Crippen molar-refractivity contribution in [2.45, 2.75) is 38.6 Å². The fourth-order valence-electron chi connectivity index (χ4n) is 2.48. The van der Waals surface area contributed by atoms with Crippen LogP contribution in [0.1, 0.15) is 32.6 Å². The van der Waals surface area contributed by atoms with Gasteiger partial charge in [0.25, 0.3) is 0 Å². The Hall–Kier alpha value is -0.470. The molecule has 1 rings (SSSR count). The third kappa shape index (κ3) is 6.75. The predicted octanol–water partition coefficient (Wildman–Crippen LogP) is 1.11. The smallest absolute Gasteiger partial charge is 0.214 e. The summed E-state index contributed by atoms with van der Waals surface area (Å²) >= 11 is 1.84. The van der Waals surface area contributed by atoms with E-state index in [1.165, 1.54) is 0 Å². The Bertz CT molecular complexity index is 432. The lowest BCUT2D eigenvalue weighted by molar-refractivity contribution is 0.306. The first-order valence-electron chi connectivity index (χ1n) is 7.97. The second-order valence-corrected chi connectivity index (χ2v) is 8.55. The summed E-state index contributed by atoms with van der Waals surface area (Å²) in [4.78, 5) is 4.23. The molecule has 0 unspecified atom stereocenters. The number of hydrogen-bond donors (Lipinski definition) is 2. The molecule has 0 amide bonds. The van der Waals surface area contributed by atoms with Crippen LogP contribution in [0, 0.1) is 0 Å². The molecule has 0 radical (unpaired) electrons. The maximum absolute atomic E-state index is 12.0. The third-order valence-electron chi connectivity index (χ3n) is 3.69. The molecule has 0 saturated carbocycles. The van der Waals surface area contributed by atoms with Crippen molar-refractivity contribution in [1.29, 1.82) is 0 Å². The third-order valence-corrected chi connectivity index (χ3v) is 6.46. The van der Waals surface area contributed by atoms with Gasteiger partial charge in [0.05, 0.1) is 5.75 Å². The molecule has 1 saturated heterocycles. The standard InChI is InChI=1S/C14H30N4O2S2/c1-4-12-22(19,20)18-9-6-13(7-10-18)17-14(15-2)16-8-5-11-21-3/h13H,4-12H2,1-3H3,(H2,15,16,17). The van der Waals surface area contributed by atoms with Gasteiger partial charge >= 0.3 is 0 Å². The van der Waals surface area contributed by atoms with Gasteiger partial charge in [0.2, 0.25) is 10.0 Å². The van der Waals surface area contributed by atoms with Gasteiger partial charge in [-0.3, -0.25) is 4.99 Å². The molecule has 0 atom stereocenters. The first-order valence-corrected chi connectivity index (χ1v) is 11.0. The number of nitrogens with zero attached hydrogens (tertiary/aromatic N) is 2. The van der Waals surface area contributed by atoms with Gasteiger partial charge in [0, 0.05) is 32.7 Å².